The highest BCUT2D eigenvalue weighted by molar-refractivity contribution is 9.10. The average molecular weight is 354 g/mol. The van der Waals surface area contributed by atoms with Crippen LogP contribution in [0.4, 0.5) is 0 Å². The van der Waals surface area contributed by atoms with Gasteiger partial charge in [-0.25, -0.2) is 0 Å². The van der Waals surface area contributed by atoms with E-state index in [9.17, 15) is 9.90 Å². The molecule has 2 aromatic heterocycles. The van der Waals surface area contributed by atoms with Gasteiger partial charge in [-0.3, -0.25) is 9.78 Å². The molecule has 0 bridgehead atoms. The third-order valence-electron chi connectivity index (χ3n) is 3.73. The summed E-state index contributed by atoms with van der Waals surface area (Å²) in [6.45, 7) is 3.71. The van der Waals surface area contributed by atoms with E-state index >= 15 is 0 Å². The second-order valence-electron chi connectivity index (χ2n) is 4.87. The first kappa shape index (κ1) is 15.6. The maximum absolute atomic E-state index is 11.5. The maximum atomic E-state index is 11.5. The Bertz CT molecular complexity index is 638. The zero-order valence-corrected chi connectivity index (χ0v) is 13.4. The van der Waals surface area contributed by atoms with Crippen LogP contribution in [0.3, 0.4) is 0 Å². The molecule has 2 heterocycles. The largest absolute Gasteiger partial charge is 0.481 e. The van der Waals surface area contributed by atoms with Crippen LogP contribution in [0.5, 0.6) is 0 Å². The highest BCUT2D eigenvalue weighted by Crippen LogP contribution is 2.31. The van der Waals surface area contributed by atoms with Gasteiger partial charge in [-0.2, -0.15) is 4.98 Å². The second kappa shape index (κ2) is 6.34. The lowest BCUT2D eigenvalue weighted by Gasteiger charge is -2.24. The SMILES string of the molecule is CCC(CC)(Cc1nc(-c2cncc(Br)c2)no1)C(=O)O. The summed E-state index contributed by atoms with van der Waals surface area (Å²) in [7, 11) is 0. The Morgan fingerprint density at radius 3 is 2.67 bits per heavy atom. The molecule has 0 aliphatic rings. The zero-order valence-electron chi connectivity index (χ0n) is 11.8. The van der Waals surface area contributed by atoms with E-state index < -0.39 is 11.4 Å². The molecular formula is C14H16BrN3O3. The summed E-state index contributed by atoms with van der Waals surface area (Å²) >= 11 is 3.33. The van der Waals surface area contributed by atoms with Crippen molar-refractivity contribution < 1.29 is 14.4 Å². The standard InChI is InChI=1S/C14H16BrN3O3/c1-3-14(4-2,13(19)20)6-11-17-12(18-21-11)9-5-10(15)8-16-7-9/h5,7-8H,3-4,6H2,1-2H3,(H,19,20). The van der Waals surface area contributed by atoms with Gasteiger partial charge in [0.05, 0.1) is 5.41 Å². The molecule has 6 nitrogen and oxygen atoms in total. The van der Waals surface area contributed by atoms with E-state index in [1.54, 1.807) is 12.4 Å². The van der Waals surface area contributed by atoms with Crippen molar-refractivity contribution in [3.8, 4) is 11.4 Å². The molecule has 0 radical (unpaired) electrons. The van der Waals surface area contributed by atoms with Crippen molar-refractivity contribution in [2.45, 2.75) is 33.1 Å². The fraction of sp³-hybridized carbons (Fsp3) is 0.429. The average Bonchev–Trinajstić information content (AvgIpc) is 2.93. The van der Waals surface area contributed by atoms with Gasteiger partial charge in [0.1, 0.15) is 0 Å². The van der Waals surface area contributed by atoms with Crippen molar-refractivity contribution in [1.29, 1.82) is 0 Å². The van der Waals surface area contributed by atoms with Crippen LogP contribution < -0.4 is 0 Å². The summed E-state index contributed by atoms with van der Waals surface area (Å²) in [5.41, 5.74) is -0.146. The summed E-state index contributed by atoms with van der Waals surface area (Å²) in [4.78, 5) is 19.8. The Kier molecular flexibility index (Phi) is 4.72. The molecule has 0 fully saturated rings. The summed E-state index contributed by atoms with van der Waals surface area (Å²) < 4.78 is 6.01. The lowest BCUT2D eigenvalue weighted by atomic mass is 9.79. The Morgan fingerprint density at radius 2 is 2.10 bits per heavy atom. The molecule has 2 aromatic rings. The van der Waals surface area contributed by atoms with Gasteiger partial charge < -0.3 is 9.63 Å². The molecule has 0 amide bonds. The lowest BCUT2D eigenvalue weighted by Crippen LogP contribution is -2.32. The lowest BCUT2D eigenvalue weighted by molar-refractivity contribution is -0.149. The number of hydrogen-bond donors (Lipinski definition) is 1. The van der Waals surface area contributed by atoms with Crippen LogP contribution in [0.25, 0.3) is 11.4 Å². The molecule has 21 heavy (non-hydrogen) atoms. The fourth-order valence-electron chi connectivity index (χ4n) is 2.15. The number of halogens is 1. The van der Waals surface area contributed by atoms with Crippen molar-refractivity contribution in [3.63, 3.8) is 0 Å². The first-order valence-corrected chi connectivity index (χ1v) is 7.47. The van der Waals surface area contributed by atoms with Gasteiger partial charge in [0, 0.05) is 28.9 Å². The van der Waals surface area contributed by atoms with Crippen molar-refractivity contribution in [1.82, 2.24) is 15.1 Å². The Morgan fingerprint density at radius 1 is 1.38 bits per heavy atom. The Labute approximate surface area is 130 Å². The van der Waals surface area contributed by atoms with Gasteiger partial charge in [-0.05, 0) is 34.8 Å². The minimum absolute atomic E-state index is 0.226. The van der Waals surface area contributed by atoms with Gasteiger partial charge in [0.25, 0.3) is 0 Å². The summed E-state index contributed by atoms with van der Waals surface area (Å²) in [6, 6.07) is 1.83. The number of carbonyl (C=O) groups is 1. The highest BCUT2D eigenvalue weighted by Gasteiger charge is 2.37. The molecule has 0 spiro atoms. The molecule has 0 aromatic carbocycles. The molecule has 0 aliphatic carbocycles. The third-order valence-corrected chi connectivity index (χ3v) is 4.16. The van der Waals surface area contributed by atoms with Crippen LogP contribution >= 0.6 is 15.9 Å². The van der Waals surface area contributed by atoms with Crippen LogP contribution in [0.2, 0.25) is 0 Å². The number of carboxylic acids is 1. The Balaban J connectivity index is 2.26. The van der Waals surface area contributed by atoms with Gasteiger partial charge >= 0.3 is 5.97 Å². The van der Waals surface area contributed by atoms with E-state index in [2.05, 4.69) is 31.1 Å². The van der Waals surface area contributed by atoms with Crippen LogP contribution in [0, 0.1) is 5.41 Å². The van der Waals surface area contributed by atoms with Crippen LogP contribution in [0.15, 0.2) is 27.5 Å². The van der Waals surface area contributed by atoms with Gasteiger partial charge in [0.2, 0.25) is 11.7 Å². The van der Waals surface area contributed by atoms with Gasteiger partial charge in [-0.1, -0.05) is 19.0 Å². The quantitative estimate of drug-likeness (QED) is 0.856. The van der Waals surface area contributed by atoms with E-state index in [4.69, 9.17) is 4.52 Å². The molecule has 1 N–H and O–H groups in total. The highest BCUT2D eigenvalue weighted by atomic mass is 79.9. The smallest absolute Gasteiger partial charge is 0.310 e. The molecule has 0 saturated carbocycles. The van der Waals surface area contributed by atoms with Crippen molar-refractivity contribution in [3.05, 3.63) is 28.8 Å². The van der Waals surface area contributed by atoms with Crippen LogP contribution in [-0.4, -0.2) is 26.2 Å². The summed E-state index contributed by atoms with van der Waals surface area (Å²) in [5, 5.41) is 13.3. The van der Waals surface area contributed by atoms with Crippen molar-refractivity contribution >= 4 is 21.9 Å². The minimum atomic E-state index is -0.862. The fourth-order valence-corrected chi connectivity index (χ4v) is 2.51. The molecule has 2 rings (SSSR count). The normalized spacial score (nSPS) is 11.6. The van der Waals surface area contributed by atoms with Gasteiger partial charge in [0.15, 0.2) is 0 Å². The minimum Gasteiger partial charge on any atom is -0.481 e. The van der Waals surface area contributed by atoms with Gasteiger partial charge in [-0.15, -0.1) is 0 Å². The summed E-state index contributed by atoms with van der Waals surface area (Å²) in [6.07, 6.45) is 4.53. The molecule has 0 aliphatic heterocycles. The van der Waals surface area contributed by atoms with E-state index in [0.29, 0.717) is 30.1 Å². The van der Waals surface area contributed by atoms with Crippen LogP contribution in [0.1, 0.15) is 32.6 Å². The third kappa shape index (κ3) is 3.29. The number of aromatic nitrogens is 3. The predicted molar refractivity (Wildman–Crippen MR) is 79.6 cm³/mol. The van der Waals surface area contributed by atoms with Crippen LogP contribution in [-0.2, 0) is 11.2 Å². The molecular weight excluding hydrogens is 338 g/mol. The first-order chi connectivity index (χ1) is 10.0. The van der Waals surface area contributed by atoms with Crippen molar-refractivity contribution in [2.75, 3.05) is 0 Å². The molecule has 7 heteroatoms. The second-order valence-corrected chi connectivity index (χ2v) is 5.79. The van der Waals surface area contributed by atoms with E-state index in [0.717, 1.165) is 4.47 Å². The van der Waals surface area contributed by atoms with E-state index in [1.165, 1.54) is 0 Å². The molecule has 112 valence electrons. The number of aliphatic carboxylic acids is 1. The first-order valence-electron chi connectivity index (χ1n) is 6.67. The summed E-state index contributed by atoms with van der Waals surface area (Å²) in [5.74, 6) is -0.0993. The molecule has 0 unspecified atom stereocenters. The number of nitrogens with zero attached hydrogens (tertiary/aromatic N) is 3. The number of rotatable bonds is 6. The number of carboxylic acid groups (broad SMARTS) is 1. The molecule has 0 atom stereocenters. The maximum Gasteiger partial charge on any atom is 0.310 e. The zero-order chi connectivity index (χ0) is 15.5. The topological polar surface area (TPSA) is 89.1 Å². The molecule has 0 saturated heterocycles. The van der Waals surface area contributed by atoms with E-state index in [-0.39, 0.29) is 6.42 Å². The number of hydrogen-bond acceptors (Lipinski definition) is 5. The number of pyridine rings is 1. The predicted octanol–water partition coefficient (Wildman–Crippen LogP) is 3.33. The monoisotopic (exact) mass is 353 g/mol. The Hall–Kier alpha value is -1.76. The van der Waals surface area contributed by atoms with E-state index in [1.807, 2.05) is 19.9 Å². The van der Waals surface area contributed by atoms with Crippen molar-refractivity contribution in [2.24, 2.45) is 5.41 Å².